The first kappa shape index (κ1) is 45.5. The number of nitrogens with one attached hydrogen (secondary N) is 2. The Morgan fingerprint density at radius 1 is 0.581 bits per heavy atom. The van der Waals surface area contributed by atoms with Crippen molar-refractivity contribution in [2.24, 2.45) is 0 Å². The van der Waals surface area contributed by atoms with E-state index < -0.39 is 59.1 Å². The van der Waals surface area contributed by atoms with Crippen LogP contribution < -0.4 is 20.1 Å². The SMILES string of the molecule is COc1ccc(C(=O)N[C@@H](CC(=O)O)c2ccccc2C)nc1-c1cc(F)ccc1F.COc1ccc(C(=O)N[C@@H](CC(=O)O)c2ccccc2C)nc1-c1ccc(F)c(F)c1. The Hall–Kier alpha value is -7.62. The number of pyridine rings is 2. The minimum atomic E-state index is -1.08. The molecule has 6 rings (SSSR count). The van der Waals surface area contributed by atoms with Gasteiger partial charge < -0.3 is 30.3 Å². The molecular weight excluding hydrogens is 813 g/mol. The van der Waals surface area contributed by atoms with E-state index in [1.165, 1.54) is 44.6 Å². The first-order valence-corrected chi connectivity index (χ1v) is 18.8. The number of aliphatic carboxylic acids is 2. The maximum absolute atomic E-state index is 14.3. The van der Waals surface area contributed by atoms with Gasteiger partial charge in [0.25, 0.3) is 11.8 Å². The Morgan fingerprint density at radius 2 is 1.05 bits per heavy atom. The lowest BCUT2D eigenvalue weighted by molar-refractivity contribution is -0.138. The smallest absolute Gasteiger partial charge is 0.305 e. The molecule has 320 valence electrons. The van der Waals surface area contributed by atoms with Gasteiger partial charge in [0.2, 0.25) is 0 Å². The maximum Gasteiger partial charge on any atom is 0.305 e. The van der Waals surface area contributed by atoms with Crippen molar-refractivity contribution in [2.45, 2.75) is 38.8 Å². The van der Waals surface area contributed by atoms with Crippen LogP contribution in [0.4, 0.5) is 17.6 Å². The molecule has 62 heavy (non-hydrogen) atoms. The van der Waals surface area contributed by atoms with Gasteiger partial charge in [-0.1, -0.05) is 48.5 Å². The molecule has 0 saturated carbocycles. The average molecular weight is 853 g/mol. The summed E-state index contributed by atoms with van der Waals surface area (Å²) < 4.78 is 65.4. The van der Waals surface area contributed by atoms with Crippen molar-refractivity contribution in [3.8, 4) is 34.0 Å². The van der Waals surface area contributed by atoms with E-state index in [2.05, 4.69) is 20.6 Å². The van der Waals surface area contributed by atoms with Gasteiger partial charge in [0.1, 0.15) is 45.9 Å². The number of aromatic nitrogens is 2. The maximum atomic E-state index is 14.3. The van der Waals surface area contributed by atoms with Gasteiger partial charge in [-0.25, -0.2) is 27.5 Å². The van der Waals surface area contributed by atoms with Crippen molar-refractivity contribution in [2.75, 3.05) is 14.2 Å². The quantitative estimate of drug-likeness (QED) is 0.0777. The number of nitrogens with zero attached hydrogens (tertiary/aromatic N) is 2. The van der Waals surface area contributed by atoms with E-state index in [0.29, 0.717) is 11.1 Å². The molecule has 4 N–H and O–H groups in total. The minimum Gasteiger partial charge on any atom is -0.494 e. The second-order valence-corrected chi connectivity index (χ2v) is 13.7. The van der Waals surface area contributed by atoms with Gasteiger partial charge in [-0.15, -0.1) is 0 Å². The summed E-state index contributed by atoms with van der Waals surface area (Å²) in [4.78, 5) is 56.9. The number of aryl methyl sites for hydroxylation is 2. The van der Waals surface area contributed by atoms with Crippen LogP contribution in [-0.2, 0) is 9.59 Å². The number of carboxylic acids is 2. The van der Waals surface area contributed by atoms with Crippen LogP contribution in [0.15, 0.2) is 109 Å². The van der Waals surface area contributed by atoms with Gasteiger partial charge in [0, 0.05) is 11.1 Å². The molecule has 2 aromatic heterocycles. The van der Waals surface area contributed by atoms with Crippen molar-refractivity contribution in [1.82, 2.24) is 20.6 Å². The fourth-order valence-corrected chi connectivity index (χ4v) is 6.44. The molecule has 0 saturated heterocycles. The fraction of sp³-hybridized carbons (Fsp3) is 0.174. The summed E-state index contributed by atoms with van der Waals surface area (Å²) in [5.74, 6) is -6.47. The number of rotatable bonds is 14. The van der Waals surface area contributed by atoms with Crippen LogP contribution in [0.2, 0.25) is 0 Å². The van der Waals surface area contributed by atoms with E-state index in [4.69, 9.17) is 9.47 Å². The minimum absolute atomic E-state index is 0.0236. The van der Waals surface area contributed by atoms with Crippen LogP contribution in [0.1, 0.15) is 68.2 Å². The number of benzene rings is 4. The predicted molar refractivity (Wildman–Crippen MR) is 220 cm³/mol. The van der Waals surface area contributed by atoms with Crippen molar-refractivity contribution in [1.29, 1.82) is 0 Å². The molecule has 4 aromatic carbocycles. The monoisotopic (exact) mass is 852 g/mol. The van der Waals surface area contributed by atoms with E-state index in [1.807, 2.05) is 38.1 Å². The third-order valence-electron chi connectivity index (χ3n) is 9.49. The molecule has 0 fully saturated rings. The Morgan fingerprint density at radius 3 is 1.52 bits per heavy atom. The molecule has 2 atom stereocenters. The van der Waals surface area contributed by atoms with Gasteiger partial charge >= 0.3 is 11.9 Å². The van der Waals surface area contributed by atoms with Crippen LogP contribution in [0.25, 0.3) is 22.5 Å². The lowest BCUT2D eigenvalue weighted by Gasteiger charge is -2.19. The zero-order valence-corrected chi connectivity index (χ0v) is 33.7. The van der Waals surface area contributed by atoms with Crippen molar-refractivity contribution in [3.05, 3.63) is 166 Å². The third kappa shape index (κ3) is 11.3. The van der Waals surface area contributed by atoms with E-state index >= 15 is 0 Å². The van der Waals surface area contributed by atoms with Crippen LogP contribution in [0.5, 0.6) is 11.5 Å². The first-order valence-electron chi connectivity index (χ1n) is 18.8. The highest BCUT2D eigenvalue weighted by Gasteiger charge is 2.24. The fourth-order valence-electron chi connectivity index (χ4n) is 6.44. The van der Waals surface area contributed by atoms with Crippen molar-refractivity contribution in [3.63, 3.8) is 0 Å². The standard InChI is InChI=1S/2C23H20F2N2O4/c1-13-5-3-4-6-15(13)19(12-21(28)29)27-23(30)18-9-10-20(31-2)22(26-18)16-11-14(24)7-8-17(16)25;1-13-5-3-4-6-15(13)19(12-21(28)29)27-23(30)18-9-10-20(31-2)22(26-18)14-7-8-16(24)17(25)11-14/h2*3-11,19H,12H2,1-2H3,(H,27,30)(H,28,29)/t2*19-/m00/s1. The summed E-state index contributed by atoms with van der Waals surface area (Å²) in [7, 11) is 2.74. The number of hydrogen-bond acceptors (Lipinski definition) is 8. The van der Waals surface area contributed by atoms with Crippen LogP contribution in [0, 0.1) is 37.1 Å². The van der Waals surface area contributed by atoms with Gasteiger partial charge in [0.15, 0.2) is 11.6 Å². The van der Waals surface area contributed by atoms with E-state index in [9.17, 15) is 47.0 Å². The van der Waals surface area contributed by atoms with Gasteiger partial charge in [-0.3, -0.25) is 19.2 Å². The second-order valence-electron chi connectivity index (χ2n) is 13.7. The molecule has 2 heterocycles. The van der Waals surface area contributed by atoms with Crippen molar-refractivity contribution >= 4 is 23.8 Å². The molecule has 2 amide bonds. The molecule has 0 aliphatic rings. The highest BCUT2D eigenvalue weighted by molar-refractivity contribution is 5.94. The molecule has 0 aliphatic carbocycles. The third-order valence-corrected chi connectivity index (χ3v) is 9.49. The second kappa shape index (κ2) is 20.6. The summed E-state index contributed by atoms with van der Waals surface area (Å²) in [6.45, 7) is 3.63. The molecule has 12 nitrogen and oxygen atoms in total. The molecule has 6 aromatic rings. The zero-order valence-electron chi connectivity index (χ0n) is 33.7. The van der Waals surface area contributed by atoms with E-state index in [1.54, 1.807) is 24.3 Å². The number of amides is 2. The average Bonchev–Trinajstić information content (AvgIpc) is 3.24. The van der Waals surface area contributed by atoms with Crippen molar-refractivity contribution < 1.29 is 56.4 Å². The molecular formula is C46H40F4N4O8. The largest absolute Gasteiger partial charge is 0.494 e. The van der Waals surface area contributed by atoms with Gasteiger partial charge in [0.05, 0.1) is 39.1 Å². The number of carbonyl (C=O) groups is 4. The molecule has 0 aliphatic heterocycles. The highest BCUT2D eigenvalue weighted by atomic mass is 19.2. The zero-order chi connectivity index (χ0) is 45.1. The molecule has 16 heteroatoms. The Balaban J connectivity index is 0.000000234. The Bertz CT molecular complexity index is 2630. The topological polar surface area (TPSA) is 177 Å². The summed E-state index contributed by atoms with van der Waals surface area (Å²) >= 11 is 0. The summed E-state index contributed by atoms with van der Waals surface area (Å²) in [5, 5.41) is 23.9. The van der Waals surface area contributed by atoms with Gasteiger partial charge in [-0.2, -0.15) is 0 Å². The van der Waals surface area contributed by atoms with Gasteiger partial charge in [-0.05, 0) is 96.8 Å². The van der Waals surface area contributed by atoms with Crippen LogP contribution in [-0.4, -0.2) is 58.2 Å². The normalized spacial score (nSPS) is 11.6. The number of carbonyl (C=O) groups excluding carboxylic acids is 2. The number of carboxylic acid groups (broad SMARTS) is 2. The highest BCUT2D eigenvalue weighted by Crippen LogP contribution is 2.32. The van der Waals surface area contributed by atoms with E-state index in [-0.39, 0.29) is 58.2 Å². The lowest BCUT2D eigenvalue weighted by Crippen LogP contribution is -2.31. The Kier molecular flexibility index (Phi) is 15.1. The summed E-state index contributed by atoms with van der Waals surface area (Å²) in [6, 6.07) is 24.5. The number of ether oxygens (including phenoxy) is 2. The molecule has 0 unspecified atom stereocenters. The molecule has 0 spiro atoms. The number of hydrogen-bond donors (Lipinski definition) is 4. The predicted octanol–water partition coefficient (Wildman–Crippen LogP) is 8.58. The Labute approximate surface area is 353 Å². The summed E-state index contributed by atoms with van der Waals surface area (Å²) in [5.41, 5.74) is 3.04. The van der Waals surface area contributed by atoms with E-state index in [0.717, 1.165) is 41.5 Å². The first-order chi connectivity index (χ1) is 29.6. The molecule has 0 radical (unpaired) electrons. The summed E-state index contributed by atoms with van der Waals surface area (Å²) in [6.07, 6.45) is -0.652. The number of methoxy groups -OCH3 is 2. The molecule has 0 bridgehead atoms. The van der Waals surface area contributed by atoms with Crippen LogP contribution >= 0.6 is 0 Å². The lowest BCUT2D eigenvalue weighted by atomic mass is 9.98. The number of halogens is 4. The van der Waals surface area contributed by atoms with Crippen LogP contribution in [0.3, 0.4) is 0 Å².